The molecule has 2 N–H and O–H groups in total. The molecule has 2 rings (SSSR count). The van der Waals surface area contributed by atoms with Gasteiger partial charge >= 0.3 is 5.69 Å². The second-order valence-corrected chi connectivity index (χ2v) is 5.35. The highest BCUT2D eigenvalue weighted by Gasteiger charge is 2.14. The molecule has 6 nitrogen and oxygen atoms in total. The zero-order valence-electron chi connectivity index (χ0n) is 14.6. The molecule has 1 aromatic heterocycles. The molecule has 0 saturated heterocycles. The van der Waals surface area contributed by atoms with Gasteiger partial charge in [0.25, 0.3) is 0 Å². The first-order valence-corrected chi connectivity index (χ1v) is 8.37. The monoisotopic (exact) mass is 327 g/mol. The average molecular weight is 327 g/mol. The van der Waals surface area contributed by atoms with Gasteiger partial charge in [-0.25, -0.2) is 14.8 Å². The minimum absolute atomic E-state index is 0.277. The van der Waals surface area contributed by atoms with Gasteiger partial charge in [0.2, 0.25) is 5.95 Å². The van der Waals surface area contributed by atoms with Gasteiger partial charge in [-0.2, -0.15) is 9.97 Å². The third-order valence-electron chi connectivity index (χ3n) is 3.87. The first kappa shape index (κ1) is 17.9. The van der Waals surface area contributed by atoms with Gasteiger partial charge in [-0.15, -0.1) is 6.58 Å². The minimum Gasteiger partial charge on any atom is -0.289 e. The first-order chi connectivity index (χ1) is 11.7. The number of hydrogen-bond acceptors (Lipinski definition) is 5. The van der Waals surface area contributed by atoms with E-state index in [0.29, 0.717) is 18.8 Å². The summed E-state index contributed by atoms with van der Waals surface area (Å²) < 4.78 is 1.62. The van der Waals surface area contributed by atoms with E-state index >= 15 is 0 Å². The molecule has 0 fully saturated rings. The summed E-state index contributed by atoms with van der Waals surface area (Å²) in [5.74, 6) is 0.959. The van der Waals surface area contributed by atoms with Crippen molar-refractivity contribution in [2.45, 2.75) is 40.0 Å². The van der Waals surface area contributed by atoms with Crippen molar-refractivity contribution in [3.63, 3.8) is 0 Å². The molecule has 0 amide bonds. The summed E-state index contributed by atoms with van der Waals surface area (Å²) in [7, 11) is 0. The zero-order chi connectivity index (χ0) is 17.5. The summed E-state index contributed by atoms with van der Waals surface area (Å²) in [5.41, 5.74) is 8.70. The lowest BCUT2D eigenvalue weighted by atomic mass is 10.0. The van der Waals surface area contributed by atoms with Crippen LogP contribution in [0.15, 0.2) is 35.6 Å². The third-order valence-corrected chi connectivity index (χ3v) is 3.87. The molecule has 0 unspecified atom stereocenters. The van der Waals surface area contributed by atoms with E-state index in [2.05, 4.69) is 47.3 Å². The summed E-state index contributed by atoms with van der Waals surface area (Å²) in [6.07, 6.45) is 4.13. The normalized spacial score (nSPS) is 10.6. The van der Waals surface area contributed by atoms with Crippen LogP contribution in [0.3, 0.4) is 0 Å². The van der Waals surface area contributed by atoms with Gasteiger partial charge in [0.15, 0.2) is 0 Å². The van der Waals surface area contributed by atoms with Gasteiger partial charge in [0, 0.05) is 13.0 Å². The SMILES string of the molecule is C=CCNNc1nc(CC)n(-c2cccc(CC)c2CC)c(=O)n1. The number of anilines is 1. The predicted molar refractivity (Wildman–Crippen MR) is 97.6 cm³/mol. The van der Waals surface area contributed by atoms with E-state index in [0.717, 1.165) is 18.5 Å². The molecule has 128 valence electrons. The Morgan fingerprint density at radius 2 is 1.96 bits per heavy atom. The van der Waals surface area contributed by atoms with Crippen LogP contribution in [-0.4, -0.2) is 21.1 Å². The van der Waals surface area contributed by atoms with E-state index in [9.17, 15) is 4.79 Å². The number of aromatic nitrogens is 3. The second-order valence-electron chi connectivity index (χ2n) is 5.35. The molecular formula is C18H25N5O. The van der Waals surface area contributed by atoms with E-state index < -0.39 is 0 Å². The topological polar surface area (TPSA) is 71.8 Å². The quantitative estimate of drug-likeness (QED) is 0.443. The highest BCUT2D eigenvalue weighted by Crippen LogP contribution is 2.20. The van der Waals surface area contributed by atoms with E-state index in [4.69, 9.17) is 0 Å². The Morgan fingerprint density at radius 1 is 1.17 bits per heavy atom. The molecule has 2 aromatic rings. The van der Waals surface area contributed by atoms with Crippen LogP contribution in [0.1, 0.15) is 37.7 Å². The Morgan fingerprint density at radius 3 is 2.58 bits per heavy atom. The number of hydrogen-bond donors (Lipinski definition) is 2. The van der Waals surface area contributed by atoms with Crippen molar-refractivity contribution in [3.05, 3.63) is 58.3 Å². The van der Waals surface area contributed by atoms with Gasteiger partial charge in [0.05, 0.1) is 5.69 Å². The van der Waals surface area contributed by atoms with Gasteiger partial charge in [-0.05, 0) is 30.0 Å². The second kappa shape index (κ2) is 8.40. The standard InChI is InChI=1S/C18H25N5O/c1-5-12-19-22-17-20-16(8-4)23(18(24)21-17)15-11-9-10-13(6-2)14(15)7-3/h5,9-11,19H,1,6-8,12H2,2-4H3,(H,21,22,24). The molecule has 0 aliphatic rings. The highest BCUT2D eigenvalue weighted by molar-refractivity contribution is 5.47. The van der Waals surface area contributed by atoms with Crippen molar-refractivity contribution >= 4 is 5.95 Å². The number of nitrogens with zero attached hydrogens (tertiary/aromatic N) is 3. The van der Waals surface area contributed by atoms with Gasteiger partial charge in [-0.1, -0.05) is 39.0 Å². The molecule has 0 aliphatic heterocycles. The van der Waals surface area contributed by atoms with Crippen molar-refractivity contribution in [2.75, 3.05) is 12.0 Å². The molecule has 1 aromatic carbocycles. The van der Waals surface area contributed by atoms with Crippen molar-refractivity contribution < 1.29 is 0 Å². The Bertz CT molecular complexity index is 766. The molecule has 0 atom stereocenters. The lowest BCUT2D eigenvalue weighted by Crippen LogP contribution is -2.31. The molecule has 0 bridgehead atoms. The minimum atomic E-state index is -0.326. The van der Waals surface area contributed by atoms with Crippen LogP contribution < -0.4 is 16.5 Å². The molecule has 0 aliphatic carbocycles. The van der Waals surface area contributed by atoms with Crippen molar-refractivity contribution in [1.29, 1.82) is 0 Å². The van der Waals surface area contributed by atoms with Crippen LogP contribution in [0.25, 0.3) is 5.69 Å². The maximum absolute atomic E-state index is 12.6. The fourth-order valence-corrected chi connectivity index (χ4v) is 2.76. The number of hydrazine groups is 1. The van der Waals surface area contributed by atoms with Crippen molar-refractivity contribution in [3.8, 4) is 5.69 Å². The molecular weight excluding hydrogens is 302 g/mol. The van der Waals surface area contributed by atoms with Gasteiger partial charge < -0.3 is 0 Å². The number of aryl methyl sites for hydroxylation is 2. The fraction of sp³-hybridized carbons (Fsp3) is 0.389. The van der Waals surface area contributed by atoms with E-state index in [1.54, 1.807) is 10.6 Å². The summed E-state index contributed by atoms with van der Waals surface area (Å²) in [4.78, 5) is 21.2. The number of benzene rings is 1. The summed E-state index contributed by atoms with van der Waals surface area (Å²) >= 11 is 0. The summed E-state index contributed by atoms with van der Waals surface area (Å²) in [6, 6.07) is 6.05. The fourth-order valence-electron chi connectivity index (χ4n) is 2.76. The average Bonchev–Trinajstić information content (AvgIpc) is 2.60. The van der Waals surface area contributed by atoms with Crippen molar-refractivity contribution in [1.82, 2.24) is 20.0 Å². The maximum Gasteiger partial charge on any atom is 0.356 e. The molecule has 0 saturated carbocycles. The lowest BCUT2D eigenvalue weighted by molar-refractivity contribution is 0.747. The van der Waals surface area contributed by atoms with Gasteiger partial charge in [0.1, 0.15) is 5.82 Å². The van der Waals surface area contributed by atoms with Crippen LogP contribution in [-0.2, 0) is 19.3 Å². The highest BCUT2D eigenvalue weighted by atomic mass is 16.1. The zero-order valence-corrected chi connectivity index (χ0v) is 14.6. The molecule has 6 heteroatoms. The number of nitrogens with one attached hydrogen (secondary N) is 2. The van der Waals surface area contributed by atoms with E-state index in [1.807, 2.05) is 19.1 Å². The number of rotatable bonds is 8. The van der Waals surface area contributed by atoms with Crippen molar-refractivity contribution in [2.24, 2.45) is 0 Å². The van der Waals surface area contributed by atoms with E-state index in [1.165, 1.54) is 11.1 Å². The Balaban J connectivity index is 2.55. The first-order valence-electron chi connectivity index (χ1n) is 8.37. The van der Waals surface area contributed by atoms with Crippen LogP contribution in [0.2, 0.25) is 0 Å². The Labute approximate surface area is 142 Å². The molecule has 0 radical (unpaired) electrons. The van der Waals surface area contributed by atoms with Crippen LogP contribution >= 0.6 is 0 Å². The molecule has 24 heavy (non-hydrogen) atoms. The largest absolute Gasteiger partial charge is 0.356 e. The van der Waals surface area contributed by atoms with E-state index in [-0.39, 0.29) is 11.6 Å². The summed E-state index contributed by atoms with van der Waals surface area (Å²) in [5, 5.41) is 0. The van der Waals surface area contributed by atoms with Crippen LogP contribution in [0, 0.1) is 0 Å². The molecule has 0 spiro atoms. The Hall–Kier alpha value is -2.47. The Kier molecular flexibility index (Phi) is 6.26. The smallest absolute Gasteiger partial charge is 0.289 e. The van der Waals surface area contributed by atoms with Crippen LogP contribution in [0.5, 0.6) is 0 Å². The predicted octanol–water partition coefficient (Wildman–Crippen LogP) is 2.42. The maximum atomic E-state index is 12.6. The van der Waals surface area contributed by atoms with Crippen LogP contribution in [0.4, 0.5) is 5.95 Å². The van der Waals surface area contributed by atoms with Gasteiger partial charge in [-0.3, -0.25) is 5.43 Å². The molecule has 1 heterocycles. The summed E-state index contributed by atoms with van der Waals surface area (Å²) in [6.45, 7) is 10.4. The third kappa shape index (κ3) is 3.71. The lowest BCUT2D eigenvalue weighted by Gasteiger charge is -2.17.